The van der Waals surface area contributed by atoms with Gasteiger partial charge in [-0.25, -0.2) is 0 Å². The van der Waals surface area contributed by atoms with E-state index >= 15 is 0 Å². The van der Waals surface area contributed by atoms with Crippen molar-refractivity contribution < 1.29 is 9.47 Å². The molecule has 1 saturated heterocycles. The summed E-state index contributed by atoms with van der Waals surface area (Å²) in [5, 5.41) is 14.6. The smallest absolute Gasteiger partial charge is 0.177 e. The predicted octanol–water partition coefficient (Wildman–Crippen LogP) is 3.96. The first-order valence-corrected chi connectivity index (χ1v) is 11.1. The summed E-state index contributed by atoms with van der Waals surface area (Å²) in [6.45, 7) is 3.59. The SMILES string of the molecule is C1=CCCC(CC2(c3ccc(CN4CCC(c5nn[nH]n5)CC4)cc3)COC=CO2)=C1. The zero-order valence-electron chi connectivity index (χ0n) is 17.7. The highest BCUT2D eigenvalue weighted by atomic mass is 16.6. The van der Waals surface area contributed by atoms with Crippen LogP contribution in [0.2, 0.25) is 0 Å². The van der Waals surface area contributed by atoms with Gasteiger partial charge in [0.05, 0.1) is 0 Å². The fourth-order valence-electron chi connectivity index (χ4n) is 4.79. The number of hydrogen-bond acceptors (Lipinski definition) is 6. The maximum atomic E-state index is 6.19. The second kappa shape index (κ2) is 9.06. The van der Waals surface area contributed by atoms with Gasteiger partial charge >= 0.3 is 0 Å². The molecule has 1 atom stereocenters. The van der Waals surface area contributed by atoms with E-state index < -0.39 is 5.60 Å². The van der Waals surface area contributed by atoms with Crippen LogP contribution in [0, 0.1) is 0 Å². The summed E-state index contributed by atoms with van der Waals surface area (Å²) in [7, 11) is 0. The minimum Gasteiger partial charge on any atom is -0.493 e. The van der Waals surface area contributed by atoms with Gasteiger partial charge in [0.15, 0.2) is 11.4 Å². The first-order valence-electron chi connectivity index (χ1n) is 11.1. The van der Waals surface area contributed by atoms with Gasteiger partial charge in [0.2, 0.25) is 0 Å². The molecule has 0 radical (unpaired) electrons. The molecule has 0 spiro atoms. The minimum atomic E-state index is -0.451. The Labute approximate surface area is 182 Å². The van der Waals surface area contributed by atoms with Crippen LogP contribution in [0.3, 0.4) is 0 Å². The number of tetrazole rings is 1. The van der Waals surface area contributed by atoms with Crippen LogP contribution in [-0.4, -0.2) is 45.2 Å². The number of rotatable bonds is 6. The maximum absolute atomic E-state index is 6.19. The van der Waals surface area contributed by atoms with Gasteiger partial charge in [-0.3, -0.25) is 4.90 Å². The van der Waals surface area contributed by atoms with Gasteiger partial charge in [0, 0.05) is 18.9 Å². The summed E-state index contributed by atoms with van der Waals surface area (Å²) in [4.78, 5) is 2.50. The molecule has 3 aliphatic rings. The number of H-pyrrole nitrogens is 1. The molecule has 2 aromatic rings. The molecule has 3 heterocycles. The van der Waals surface area contributed by atoms with E-state index in [-0.39, 0.29) is 0 Å². The molecular weight excluding hydrogens is 390 g/mol. The van der Waals surface area contributed by atoms with Crippen molar-refractivity contribution in [2.24, 2.45) is 0 Å². The molecule has 0 amide bonds. The van der Waals surface area contributed by atoms with Crippen molar-refractivity contribution in [3.63, 3.8) is 0 Å². The molecule has 31 heavy (non-hydrogen) atoms. The van der Waals surface area contributed by atoms with E-state index in [0.29, 0.717) is 12.5 Å². The molecule has 162 valence electrons. The molecule has 0 saturated carbocycles. The zero-order chi connectivity index (χ0) is 20.9. The lowest BCUT2D eigenvalue weighted by Crippen LogP contribution is -2.36. The topological polar surface area (TPSA) is 76.2 Å². The minimum absolute atomic E-state index is 0.415. The molecule has 7 nitrogen and oxygen atoms in total. The van der Waals surface area contributed by atoms with Crippen LogP contribution in [0.5, 0.6) is 0 Å². The predicted molar refractivity (Wildman–Crippen MR) is 117 cm³/mol. The van der Waals surface area contributed by atoms with E-state index in [2.05, 4.69) is 68.0 Å². The first kappa shape index (κ1) is 20.0. The standard InChI is InChI=1S/C24H29N5O2/c1-2-4-19(5-3-1)16-24(18-30-14-15-31-24)22-8-6-20(7-9-22)17-29-12-10-21(11-13-29)23-25-27-28-26-23/h1-2,4,6-9,14-15,21H,3,5,10-13,16-18H2,(H,25,26,27,28). The zero-order valence-corrected chi connectivity index (χ0v) is 17.7. The monoisotopic (exact) mass is 419 g/mol. The average Bonchev–Trinajstić information content (AvgIpc) is 3.36. The maximum Gasteiger partial charge on any atom is 0.177 e. The van der Waals surface area contributed by atoms with Crippen molar-refractivity contribution in [2.45, 2.75) is 50.2 Å². The quantitative estimate of drug-likeness (QED) is 0.764. The van der Waals surface area contributed by atoms with Gasteiger partial charge in [0.25, 0.3) is 0 Å². The first-order chi connectivity index (χ1) is 15.3. The summed E-state index contributed by atoms with van der Waals surface area (Å²) in [5.41, 5.74) is 3.46. The van der Waals surface area contributed by atoms with Crippen molar-refractivity contribution in [3.05, 3.63) is 77.5 Å². The lowest BCUT2D eigenvalue weighted by molar-refractivity contribution is -0.0636. The molecule has 1 aliphatic carbocycles. The van der Waals surface area contributed by atoms with Crippen LogP contribution in [0.4, 0.5) is 0 Å². The third kappa shape index (κ3) is 4.56. The summed E-state index contributed by atoms with van der Waals surface area (Å²) in [5.74, 6) is 1.26. The van der Waals surface area contributed by atoms with E-state index in [1.165, 1.54) is 16.7 Å². The molecule has 0 bridgehead atoms. The van der Waals surface area contributed by atoms with Crippen LogP contribution < -0.4 is 0 Å². The Morgan fingerprint density at radius 2 is 2.00 bits per heavy atom. The van der Waals surface area contributed by atoms with Crippen molar-refractivity contribution in [3.8, 4) is 0 Å². The van der Waals surface area contributed by atoms with Crippen molar-refractivity contribution in [1.82, 2.24) is 25.5 Å². The van der Waals surface area contributed by atoms with Gasteiger partial charge < -0.3 is 9.47 Å². The third-order valence-electron chi connectivity index (χ3n) is 6.58. The molecule has 1 aromatic carbocycles. The van der Waals surface area contributed by atoms with E-state index in [1.54, 1.807) is 12.5 Å². The Kier molecular flexibility index (Phi) is 5.84. The average molecular weight is 420 g/mol. The van der Waals surface area contributed by atoms with Crippen LogP contribution in [0.25, 0.3) is 0 Å². The highest BCUT2D eigenvalue weighted by Crippen LogP contribution is 2.37. The Morgan fingerprint density at radius 1 is 1.13 bits per heavy atom. The number of ether oxygens (including phenoxy) is 2. The molecule has 1 aromatic heterocycles. The summed E-state index contributed by atoms with van der Waals surface area (Å²) in [6.07, 6.45) is 15.1. The number of likely N-dealkylation sites (tertiary alicyclic amines) is 1. The van der Waals surface area contributed by atoms with Crippen LogP contribution in [0.1, 0.15) is 55.0 Å². The Bertz CT molecular complexity index is 943. The molecule has 1 unspecified atom stereocenters. The second-order valence-corrected chi connectivity index (χ2v) is 8.68. The third-order valence-corrected chi connectivity index (χ3v) is 6.58. The van der Waals surface area contributed by atoms with E-state index in [0.717, 1.165) is 57.6 Å². The summed E-state index contributed by atoms with van der Waals surface area (Å²) in [6, 6.07) is 8.89. The Balaban J connectivity index is 1.24. The highest BCUT2D eigenvalue weighted by molar-refractivity contribution is 5.31. The number of aromatic amines is 1. The Hall–Kier alpha value is -2.93. The number of benzene rings is 1. The van der Waals surface area contributed by atoms with Gasteiger partial charge in [-0.15, -0.1) is 10.2 Å². The van der Waals surface area contributed by atoms with Crippen molar-refractivity contribution >= 4 is 0 Å². The summed E-state index contributed by atoms with van der Waals surface area (Å²) >= 11 is 0. The fraction of sp³-hybridized carbons (Fsp3) is 0.458. The molecular formula is C24H29N5O2. The number of allylic oxidation sites excluding steroid dienone is 3. The van der Waals surface area contributed by atoms with E-state index in [4.69, 9.17) is 9.47 Å². The largest absolute Gasteiger partial charge is 0.493 e. The van der Waals surface area contributed by atoms with Gasteiger partial charge in [0.1, 0.15) is 19.1 Å². The fourth-order valence-corrected chi connectivity index (χ4v) is 4.79. The lowest BCUT2D eigenvalue weighted by Gasteiger charge is -2.36. The summed E-state index contributed by atoms with van der Waals surface area (Å²) < 4.78 is 11.9. The number of nitrogens with zero attached hydrogens (tertiary/aromatic N) is 4. The molecule has 7 heteroatoms. The number of piperidine rings is 1. The van der Waals surface area contributed by atoms with E-state index in [9.17, 15) is 0 Å². The van der Waals surface area contributed by atoms with Gasteiger partial charge in [-0.05, 0) is 49.9 Å². The lowest BCUT2D eigenvalue weighted by atomic mass is 9.84. The molecule has 1 fully saturated rings. The molecule has 2 aliphatic heterocycles. The number of nitrogens with one attached hydrogen (secondary N) is 1. The van der Waals surface area contributed by atoms with Crippen molar-refractivity contribution in [1.29, 1.82) is 0 Å². The van der Waals surface area contributed by atoms with Crippen LogP contribution in [-0.2, 0) is 21.6 Å². The molecule has 5 rings (SSSR count). The van der Waals surface area contributed by atoms with E-state index in [1.807, 2.05) is 0 Å². The second-order valence-electron chi connectivity index (χ2n) is 8.68. The van der Waals surface area contributed by atoms with Gasteiger partial charge in [-0.1, -0.05) is 53.3 Å². The number of aromatic nitrogens is 4. The van der Waals surface area contributed by atoms with Crippen LogP contribution in [0.15, 0.2) is 60.6 Å². The van der Waals surface area contributed by atoms with Crippen LogP contribution >= 0.6 is 0 Å². The number of hydrogen-bond donors (Lipinski definition) is 1. The molecule has 1 N–H and O–H groups in total. The van der Waals surface area contributed by atoms with Crippen molar-refractivity contribution in [2.75, 3.05) is 19.7 Å². The normalized spacial score (nSPS) is 24.5. The highest BCUT2D eigenvalue weighted by Gasteiger charge is 2.37. The van der Waals surface area contributed by atoms with Gasteiger partial charge in [-0.2, -0.15) is 5.21 Å². The Morgan fingerprint density at radius 3 is 2.68 bits per heavy atom.